The first-order valence-corrected chi connectivity index (χ1v) is 20.5. The zero-order valence-corrected chi connectivity index (χ0v) is 35.6. The van der Waals surface area contributed by atoms with Crippen molar-refractivity contribution in [2.75, 3.05) is 28.3 Å². The number of rotatable bonds is 17. The van der Waals surface area contributed by atoms with Gasteiger partial charge in [-0.3, -0.25) is 0 Å². The van der Waals surface area contributed by atoms with Crippen LogP contribution in [0.15, 0.2) is 121 Å². The van der Waals surface area contributed by atoms with Gasteiger partial charge in [0.1, 0.15) is 35.8 Å². The maximum atomic E-state index is 9.63. The smallest absolute Gasteiger partial charge is 0.124 e. The van der Waals surface area contributed by atoms with Crippen LogP contribution in [-0.2, 0) is 22.4 Å². The Morgan fingerprint density at radius 3 is 1.25 bits per heavy atom. The molecule has 10 heteroatoms. The molecule has 0 saturated carbocycles. The molecule has 0 aromatic heterocycles. The SMILES string of the molecule is C[NH2+]C(CCCc1cccc2cc(C)ccc12)c1ccc(OC)cc1.C[NH2+]C(CCCc1cccc2cc(C)ccc12)c1ccc(OC)cc1.O=C([O-])C(O)C(O)C(=O)[O-]. The number of hydrogen-bond donors (Lipinski definition) is 4. The van der Waals surface area contributed by atoms with Crippen molar-refractivity contribution >= 4 is 33.5 Å². The van der Waals surface area contributed by atoms with Crippen LogP contribution in [-0.4, -0.2) is 62.7 Å². The second kappa shape index (κ2) is 23.7. The lowest BCUT2D eigenvalue weighted by atomic mass is 9.96. The van der Waals surface area contributed by atoms with E-state index >= 15 is 0 Å². The summed E-state index contributed by atoms with van der Waals surface area (Å²) in [7, 11) is 7.75. The van der Waals surface area contributed by atoms with Crippen molar-refractivity contribution in [1.82, 2.24) is 0 Å². The Morgan fingerprint density at radius 2 is 0.933 bits per heavy atom. The van der Waals surface area contributed by atoms with Crippen molar-refractivity contribution in [2.24, 2.45) is 0 Å². The highest BCUT2D eigenvalue weighted by Crippen LogP contribution is 2.26. The van der Waals surface area contributed by atoms with E-state index in [2.05, 4.69) is 160 Å². The fourth-order valence-electron chi connectivity index (χ4n) is 7.41. The van der Waals surface area contributed by atoms with Crippen molar-refractivity contribution < 1.29 is 50.1 Å². The maximum absolute atomic E-state index is 9.63. The van der Waals surface area contributed by atoms with Gasteiger partial charge >= 0.3 is 0 Å². The average Bonchev–Trinajstić information content (AvgIpc) is 3.26. The number of quaternary nitrogens is 2. The number of ether oxygens (including phenoxy) is 2. The standard InChI is InChI=1S/2C23H27NO.C4H6O6/c2*1-17-10-15-22-18(6-4-8-20(22)16-17)7-5-9-23(24-2)19-11-13-21(25-3)14-12-19;5-1(3(7)8)2(6)4(9)10/h2*4,6,8,10-16,23-24H,5,7,9H2,1-3H3;1-2,5-6H,(H,7,8)(H,9,10). The number of carboxylic acids is 2. The number of aliphatic hydroxyl groups is 2. The Morgan fingerprint density at radius 1 is 0.567 bits per heavy atom. The third kappa shape index (κ3) is 13.6. The lowest BCUT2D eigenvalue weighted by molar-refractivity contribution is -0.671. The highest BCUT2D eigenvalue weighted by molar-refractivity contribution is 5.87. The number of nitrogens with two attached hydrogens (primary N) is 2. The van der Waals surface area contributed by atoms with E-state index in [1.54, 1.807) is 14.2 Å². The molecule has 6 aromatic carbocycles. The molecular weight excluding hydrogens is 757 g/mol. The zero-order valence-electron chi connectivity index (χ0n) is 35.6. The average molecular weight is 817 g/mol. The molecule has 10 nitrogen and oxygen atoms in total. The van der Waals surface area contributed by atoms with Gasteiger partial charge < -0.3 is 50.1 Å². The van der Waals surface area contributed by atoms with Crippen LogP contribution in [0.25, 0.3) is 21.5 Å². The first-order chi connectivity index (χ1) is 28.9. The van der Waals surface area contributed by atoms with Crippen LogP contribution in [0.4, 0.5) is 0 Å². The second-order valence-corrected chi connectivity index (χ2v) is 15.0. The molecule has 0 fully saturated rings. The molecule has 4 unspecified atom stereocenters. The van der Waals surface area contributed by atoms with Gasteiger partial charge in [0.25, 0.3) is 0 Å². The number of carbonyl (C=O) groups excluding carboxylic acids is 2. The van der Waals surface area contributed by atoms with Crippen LogP contribution in [0.5, 0.6) is 11.5 Å². The van der Waals surface area contributed by atoms with Gasteiger partial charge in [-0.1, -0.05) is 83.9 Å². The van der Waals surface area contributed by atoms with Crippen LogP contribution < -0.4 is 30.3 Å². The quantitative estimate of drug-likeness (QED) is 0.107. The predicted molar refractivity (Wildman–Crippen MR) is 232 cm³/mol. The van der Waals surface area contributed by atoms with E-state index in [0.717, 1.165) is 24.3 Å². The molecule has 0 saturated heterocycles. The molecule has 0 heterocycles. The molecule has 0 spiro atoms. The van der Waals surface area contributed by atoms with Crippen LogP contribution in [0, 0.1) is 13.8 Å². The molecule has 0 aliphatic carbocycles. The monoisotopic (exact) mass is 816 g/mol. The molecule has 6 N–H and O–H groups in total. The fraction of sp³-hybridized carbons (Fsp3) is 0.320. The summed E-state index contributed by atoms with van der Waals surface area (Å²) in [5.41, 5.74) is 8.31. The first kappa shape index (κ1) is 46.9. The van der Waals surface area contributed by atoms with Crippen LogP contribution in [0.1, 0.15) is 71.1 Å². The van der Waals surface area contributed by atoms with E-state index in [-0.39, 0.29) is 0 Å². The number of fused-ring (bicyclic) bond motifs is 2. The number of carbonyl (C=O) groups is 2. The van der Waals surface area contributed by atoms with Crippen LogP contribution >= 0.6 is 0 Å². The van der Waals surface area contributed by atoms with E-state index < -0.39 is 24.1 Å². The van der Waals surface area contributed by atoms with Gasteiger partial charge in [-0.05, 0) is 121 Å². The summed E-state index contributed by atoms with van der Waals surface area (Å²) in [6, 6.07) is 44.8. The summed E-state index contributed by atoms with van der Waals surface area (Å²) >= 11 is 0. The molecule has 0 radical (unpaired) electrons. The minimum absolute atomic E-state index is 0.503. The van der Waals surface area contributed by atoms with E-state index in [1.165, 1.54) is 80.6 Å². The predicted octanol–water partition coefficient (Wildman–Crippen LogP) is 4.04. The number of aliphatic hydroxyl groups excluding tert-OH is 2. The third-order valence-corrected chi connectivity index (χ3v) is 10.8. The summed E-state index contributed by atoms with van der Waals surface area (Å²) in [5.74, 6) is -2.28. The molecule has 0 aliphatic rings. The fourth-order valence-corrected chi connectivity index (χ4v) is 7.41. The summed E-state index contributed by atoms with van der Waals surface area (Å²) in [6.07, 6.45) is 2.09. The van der Waals surface area contributed by atoms with Gasteiger partial charge in [0.15, 0.2) is 0 Å². The topological polar surface area (TPSA) is 172 Å². The lowest BCUT2D eigenvalue weighted by Gasteiger charge is -2.18. The van der Waals surface area contributed by atoms with Crippen molar-refractivity contribution in [3.05, 3.63) is 155 Å². The highest BCUT2D eigenvalue weighted by Gasteiger charge is 2.18. The summed E-state index contributed by atoms with van der Waals surface area (Å²) in [4.78, 5) is 19.3. The number of methoxy groups -OCH3 is 2. The van der Waals surface area contributed by atoms with Crippen molar-refractivity contribution in [3.63, 3.8) is 0 Å². The first-order valence-electron chi connectivity index (χ1n) is 20.5. The molecule has 4 atom stereocenters. The van der Waals surface area contributed by atoms with Gasteiger partial charge in [0.2, 0.25) is 0 Å². The second-order valence-electron chi connectivity index (χ2n) is 15.0. The maximum Gasteiger partial charge on any atom is 0.124 e. The minimum Gasteiger partial charge on any atom is -0.547 e. The van der Waals surface area contributed by atoms with Crippen LogP contribution in [0.2, 0.25) is 0 Å². The van der Waals surface area contributed by atoms with Gasteiger partial charge in [0, 0.05) is 24.0 Å². The highest BCUT2D eigenvalue weighted by atomic mass is 16.5. The molecule has 0 bridgehead atoms. The number of aryl methyl sites for hydroxylation is 4. The third-order valence-electron chi connectivity index (χ3n) is 10.8. The Kier molecular flexibility index (Phi) is 18.5. The molecule has 60 heavy (non-hydrogen) atoms. The lowest BCUT2D eigenvalue weighted by Crippen LogP contribution is -2.80. The normalized spacial score (nSPS) is 12.9. The molecule has 6 rings (SSSR count). The largest absolute Gasteiger partial charge is 0.547 e. The van der Waals surface area contributed by atoms with E-state index in [0.29, 0.717) is 12.1 Å². The van der Waals surface area contributed by atoms with E-state index in [9.17, 15) is 19.8 Å². The summed E-state index contributed by atoms with van der Waals surface area (Å²) in [6.45, 7) is 4.31. The molecule has 6 aromatic rings. The van der Waals surface area contributed by atoms with Gasteiger partial charge in [0.05, 0.1) is 40.3 Å². The van der Waals surface area contributed by atoms with Crippen LogP contribution in [0.3, 0.4) is 0 Å². The molecule has 0 aliphatic heterocycles. The number of benzene rings is 6. The van der Waals surface area contributed by atoms with Gasteiger partial charge in [-0.15, -0.1) is 0 Å². The van der Waals surface area contributed by atoms with Gasteiger partial charge in [-0.25, -0.2) is 0 Å². The summed E-state index contributed by atoms with van der Waals surface area (Å²) < 4.78 is 10.5. The number of hydrogen-bond acceptors (Lipinski definition) is 8. The number of carboxylic acid groups (broad SMARTS) is 2. The Labute approximate surface area is 353 Å². The molecule has 0 amide bonds. The Hall–Kier alpha value is -5.78. The zero-order chi connectivity index (χ0) is 43.6. The van der Waals surface area contributed by atoms with Gasteiger partial charge in [-0.2, -0.15) is 0 Å². The number of aliphatic carboxylic acids is 2. The van der Waals surface area contributed by atoms with Crippen molar-refractivity contribution in [1.29, 1.82) is 0 Å². The van der Waals surface area contributed by atoms with E-state index in [4.69, 9.17) is 19.7 Å². The molecule has 318 valence electrons. The Bertz CT molecular complexity index is 2100. The van der Waals surface area contributed by atoms with Crippen molar-refractivity contribution in [2.45, 2.75) is 76.7 Å². The van der Waals surface area contributed by atoms with E-state index in [1.807, 2.05) is 0 Å². The minimum atomic E-state index is -2.44. The van der Waals surface area contributed by atoms with Crippen molar-refractivity contribution in [3.8, 4) is 11.5 Å². The Balaban J connectivity index is 0.000000217. The molecular formula is C50H60N2O8. The summed E-state index contributed by atoms with van der Waals surface area (Å²) in [5, 5.41) is 45.9.